The van der Waals surface area contributed by atoms with Crippen LogP contribution in [0, 0.1) is 0 Å². The zero-order valence-electron chi connectivity index (χ0n) is 10.5. The van der Waals surface area contributed by atoms with Gasteiger partial charge in [-0.3, -0.25) is 4.79 Å². The van der Waals surface area contributed by atoms with E-state index in [1.165, 1.54) is 12.3 Å². The minimum atomic E-state index is -0.664. The van der Waals surface area contributed by atoms with Gasteiger partial charge >= 0.3 is 5.97 Å². The largest absolute Gasteiger partial charge is 0.422 e. The van der Waals surface area contributed by atoms with Crippen LogP contribution in [0.25, 0.3) is 10.8 Å². The highest BCUT2D eigenvalue weighted by molar-refractivity contribution is 5.95. The van der Waals surface area contributed by atoms with Gasteiger partial charge in [0.05, 0.1) is 0 Å². The summed E-state index contributed by atoms with van der Waals surface area (Å²) < 4.78 is 5.34. The van der Waals surface area contributed by atoms with E-state index < -0.39 is 11.5 Å². The number of carbonyl (C=O) groups excluding carboxylic acids is 1. The molecule has 0 fully saturated rings. The second-order valence-electron chi connectivity index (χ2n) is 4.28. The van der Waals surface area contributed by atoms with Crippen molar-refractivity contribution >= 4 is 16.7 Å². The predicted octanol–water partition coefficient (Wildman–Crippen LogP) is 2.75. The van der Waals surface area contributed by atoms with Crippen molar-refractivity contribution in [2.75, 3.05) is 0 Å². The topological polar surface area (TPSA) is 59.2 Å². The number of H-pyrrole nitrogens is 1. The Balaban J connectivity index is 2.00. The number of hydrogen-bond donors (Lipinski definition) is 1. The van der Waals surface area contributed by atoms with E-state index in [0.717, 1.165) is 10.8 Å². The van der Waals surface area contributed by atoms with Gasteiger partial charge in [0.25, 0.3) is 5.56 Å². The number of hydrogen-bond acceptors (Lipinski definition) is 3. The van der Waals surface area contributed by atoms with E-state index in [1.807, 2.05) is 30.3 Å². The van der Waals surface area contributed by atoms with E-state index in [0.29, 0.717) is 5.75 Å². The molecular weight excluding hydrogens is 254 g/mol. The van der Waals surface area contributed by atoms with Crippen LogP contribution in [-0.4, -0.2) is 11.0 Å². The number of esters is 1. The van der Waals surface area contributed by atoms with Gasteiger partial charge in [0, 0.05) is 11.6 Å². The number of nitrogens with one attached hydrogen (secondary N) is 1. The number of pyridine rings is 1. The molecule has 2 aromatic carbocycles. The molecule has 98 valence electrons. The third-order valence-corrected chi connectivity index (χ3v) is 2.99. The average molecular weight is 265 g/mol. The third-order valence-electron chi connectivity index (χ3n) is 2.99. The highest BCUT2D eigenvalue weighted by Crippen LogP contribution is 2.25. The lowest BCUT2D eigenvalue weighted by atomic mass is 10.1. The number of carbonyl (C=O) groups is 1. The maximum Gasteiger partial charge on any atom is 0.349 e. The summed E-state index contributed by atoms with van der Waals surface area (Å²) in [4.78, 5) is 26.0. The summed E-state index contributed by atoms with van der Waals surface area (Å²) in [7, 11) is 0. The standard InChI is InChI=1S/C16H11NO3/c18-15-13(8-4-10-17-15)16(19)20-14-9-3-6-11-5-1-2-7-12(11)14/h1-10H,(H,17,18). The van der Waals surface area contributed by atoms with Crippen LogP contribution in [-0.2, 0) is 0 Å². The number of rotatable bonds is 2. The van der Waals surface area contributed by atoms with Crippen LogP contribution in [0.3, 0.4) is 0 Å². The number of benzene rings is 2. The van der Waals surface area contributed by atoms with Gasteiger partial charge in [-0.05, 0) is 23.6 Å². The molecule has 1 N–H and O–H groups in total. The van der Waals surface area contributed by atoms with Crippen molar-refractivity contribution in [1.29, 1.82) is 0 Å². The van der Waals surface area contributed by atoms with Crippen molar-refractivity contribution in [1.82, 2.24) is 4.98 Å². The van der Waals surface area contributed by atoms with E-state index in [2.05, 4.69) is 4.98 Å². The number of fused-ring (bicyclic) bond motifs is 1. The Hall–Kier alpha value is -2.88. The summed E-state index contributed by atoms with van der Waals surface area (Å²) in [5, 5.41) is 1.80. The van der Waals surface area contributed by atoms with Crippen LogP contribution < -0.4 is 10.3 Å². The molecule has 0 aliphatic carbocycles. The highest BCUT2D eigenvalue weighted by atomic mass is 16.5. The van der Waals surface area contributed by atoms with Crippen molar-refractivity contribution in [3.8, 4) is 5.75 Å². The van der Waals surface area contributed by atoms with E-state index in [1.54, 1.807) is 18.2 Å². The fourth-order valence-electron chi connectivity index (χ4n) is 2.02. The van der Waals surface area contributed by atoms with E-state index in [4.69, 9.17) is 4.74 Å². The molecule has 0 amide bonds. The van der Waals surface area contributed by atoms with Crippen LogP contribution >= 0.6 is 0 Å². The SMILES string of the molecule is O=C(Oc1cccc2ccccc12)c1ccc[nH]c1=O. The number of aromatic amines is 1. The summed E-state index contributed by atoms with van der Waals surface area (Å²) in [5.41, 5.74) is -0.474. The quantitative estimate of drug-likeness (QED) is 0.572. The zero-order chi connectivity index (χ0) is 13.9. The second-order valence-corrected chi connectivity index (χ2v) is 4.28. The Labute approximate surface area is 114 Å². The zero-order valence-corrected chi connectivity index (χ0v) is 10.5. The van der Waals surface area contributed by atoms with Crippen molar-refractivity contribution in [2.24, 2.45) is 0 Å². The van der Waals surface area contributed by atoms with Gasteiger partial charge in [-0.2, -0.15) is 0 Å². The van der Waals surface area contributed by atoms with Crippen LogP contribution in [0.4, 0.5) is 0 Å². The highest BCUT2D eigenvalue weighted by Gasteiger charge is 2.13. The normalized spacial score (nSPS) is 10.4. The Bertz CT molecular complexity index is 831. The molecule has 0 aliphatic heterocycles. The van der Waals surface area contributed by atoms with Gasteiger partial charge in [0.2, 0.25) is 0 Å². The predicted molar refractivity (Wildman–Crippen MR) is 76.0 cm³/mol. The molecule has 4 nitrogen and oxygen atoms in total. The molecule has 0 spiro atoms. The third kappa shape index (κ3) is 2.19. The van der Waals surface area contributed by atoms with Gasteiger partial charge in [-0.15, -0.1) is 0 Å². The molecule has 0 aliphatic rings. The van der Waals surface area contributed by atoms with Crippen molar-refractivity contribution in [3.05, 3.63) is 76.7 Å². The molecule has 3 aromatic rings. The molecule has 3 rings (SSSR count). The summed E-state index contributed by atoms with van der Waals surface area (Å²) in [5.74, 6) is -0.223. The molecule has 1 heterocycles. The molecule has 0 bridgehead atoms. The van der Waals surface area contributed by atoms with Crippen LogP contribution in [0.2, 0.25) is 0 Å². The molecule has 0 atom stereocenters. The lowest BCUT2D eigenvalue weighted by molar-refractivity contribution is 0.0735. The van der Waals surface area contributed by atoms with Gasteiger partial charge in [0.1, 0.15) is 11.3 Å². The fourth-order valence-corrected chi connectivity index (χ4v) is 2.02. The first-order valence-corrected chi connectivity index (χ1v) is 6.13. The summed E-state index contributed by atoms with van der Waals surface area (Å²) in [6.45, 7) is 0. The maximum absolute atomic E-state index is 12.0. The minimum Gasteiger partial charge on any atom is -0.422 e. The average Bonchev–Trinajstić information content (AvgIpc) is 2.48. The molecule has 4 heteroatoms. The summed E-state index contributed by atoms with van der Waals surface area (Å²) >= 11 is 0. The monoisotopic (exact) mass is 265 g/mol. The molecule has 0 saturated carbocycles. The molecular formula is C16H11NO3. The van der Waals surface area contributed by atoms with Gasteiger partial charge in [-0.1, -0.05) is 36.4 Å². The van der Waals surface area contributed by atoms with Gasteiger partial charge < -0.3 is 9.72 Å². The summed E-state index contributed by atoms with van der Waals surface area (Å²) in [6, 6.07) is 16.0. The van der Waals surface area contributed by atoms with Crippen LogP contribution in [0.5, 0.6) is 5.75 Å². The number of aromatic nitrogens is 1. The molecule has 0 saturated heterocycles. The smallest absolute Gasteiger partial charge is 0.349 e. The first-order valence-electron chi connectivity index (χ1n) is 6.13. The summed E-state index contributed by atoms with van der Waals surface area (Å²) in [6.07, 6.45) is 1.47. The van der Waals surface area contributed by atoms with Crippen molar-refractivity contribution in [2.45, 2.75) is 0 Å². The Morgan fingerprint density at radius 2 is 1.75 bits per heavy atom. The Kier molecular flexibility index (Phi) is 3.05. The molecule has 0 radical (unpaired) electrons. The fraction of sp³-hybridized carbons (Fsp3) is 0. The molecule has 20 heavy (non-hydrogen) atoms. The molecule has 0 unspecified atom stereocenters. The second kappa shape index (κ2) is 5.01. The molecule has 1 aromatic heterocycles. The van der Waals surface area contributed by atoms with Gasteiger partial charge in [0.15, 0.2) is 0 Å². The number of ether oxygens (including phenoxy) is 1. The Morgan fingerprint density at radius 1 is 0.950 bits per heavy atom. The lowest BCUT2D eigenvalue weighted by Crippen LogP contribution is -2.20. The van der Waals surface area contributed by atoms with Crippen molar-refractivity contribution < 1.29 is 9.53 Å². The first kappa shape index (κ1) is 12.2. The van der Waals surface area contributed by atoms with Crippen LogP contribution in [0.1, 0.15) is 10.4 Å². The minimum absolute atomic E-state index is 0.0135. The van der Waals surface area contributed by atoms with Gasteiger partial charge in [-0.25, -0.2) is 4.79 Å². The van der Waals surface area contributed by atoms with E-state index in [9.17, 15) is 9.59 Å². The first-order chi connectivity index (χ1) is 9.75. The maximum atomic E-state index is 12.0. The Morgan fingerprint density at radius 3 is 2.60 bits per heavy atom. The van der Waals surface area contributed by atoms with E-state index >= 15 is 0 Å². The lowest BCUT2D eigenvalue weighted by Gasteiger charge is -2.07. The van der Waals surface area contributed by atoms with Crippen LogP contribution in [0.15, 0.2) is 65.6 Å². The van der Waals surface area contributed by atoms with E-state index in [-0.39, 0.29) is 5.56 Å². The van der Waals surface area contributed by atoms with Crippen molar-refractivity contribution in [3.63, 3.8) is 0 Å².